The van der Waals surface area contributed by atoms with E-state index < -0.39 is 12.3 Å². The van der Waals surface area contributed by atoms with Crippen molar-refractivity contribution in [2.75, 3.05) is 40.4 Å². The number of halogens is 1. The Morgan fingerprint density at radius 3 is 2.42 bits per heavy atom. The van der Waals surface area contributed by atoms with Crippen molar-refractivity contribution in [1.29, 1.82) is 0 Å². The topological polar surface area (TPSA) is 106 Å². The van der Waals surface area contributed by atoms with Gasteiger partial charge in [-0.3, -0.25) is 9.80 Å². The van der Waals surface area contributed by atoms with Crippen molar-refractivity contribution in [3.63, 3.8) is 0 Å². The fraction of sp³-hybridized carbons (Fsp3) is 0.312. The number of methoxy groups -OCH3 is 2. The summed E-state index contributed by atoms with van der Waals surface area (Å²) in [5, 5.41) is 14.9. The lowest BCUT2D eigenvalue weighted by atomic mass is 10.1. The minimum Gasteiger partial charge on any atom is -0.497 e. The Bertz CT molecular complexity index is 1680. The molecule has 0 saturated carbocycles. The van der Waals surface area contributed by atoms with Crippen molar-refractivity contribution >= 4 is 11.1 Å². The number of aromatic nitrogens is 2. The van der Waals surface area contributed by atoms with E-state index >= 15 is 0 Å². The summed E-state index contributed by atoms with van der Waals surface area (Å²) in [6.07, 6.45) is -1.27. The summed E-state index contributed by atoms with van der Waals surface area (Å²) in [4.78, 5) is 8.96. The Balaban J connectivity index is 1.08. The number of hydrogen-bond donors (Lipinski definition) is 1. The lowest BCUT2D eigenvalue weighted by Crippen LogP contribution is -2.55. The van der Waals surface area contributed by atoms with E-state index in [-0.39, 0.29) is 5.82 Å². The summed E-state index contributed by atoms with van der Waals surface area (Å²) in [7, 11) is 3.23. The second-order valence-electron chi connectivity index (χ2n) is 10.5. The number of aliphatic hydroxyl groups excluding tert-OH is 1. The lowest BCUT2D eigenvalue weighted by Gasteiger charge is -2.39. The summed E-state index contributed by atoms with van der Waals surface area (Å²) >= 11 is 0. The Labute approximate surface area is 248 Å². The molecule has 2 atom stereocenters. The summed E-state index contributed by atoms with van der Waals surface area (Å²) < 4.78 is 41.9. The average molecular weight is 589 g/mol. The van der Waals surface area contributed by atoms with Gasteiger partial charge in [0.25, 0.3) is 0 Å². The minimum atomic E-state index is -0.731. The van der Waals surface area contributed by atoms with E-state index in [2.05, 4.69) is 19.9 Å². The molecule has 0 amide bonds. The first-order valence-corrected chi connectivity index (χ1v) is 14.1. The van der Waals surface area contributed by atoms with Crippen LogP contribution in [0.3, 0.4) is 0 Å². The number of piperazine rings is 1. The molecular weight excluding hydrogens is 555 g/mol. The third-order valence-corrected chi connectivity index (χ3v) is 7.51. The zero-order chi connectivity index (χ0) is 29.9. The van der Waals surface area contributed by atoms with Crippen LogP contribution in [-0.4, -0.2) is 77.8 Å². The smallest absolute Gasteiger partial charge is 0.227 e. The first kappa shape index (κ1) is 28.7. The highest BCUT2D eigenvalue weighted by atomic mass is 19.1. The van der Waals surface area contributed by atoms with Crippen molar-refractivity contribution in [3.8, 4) is 40.0 Å². The SMILES string of the molecule is COc1ccc(-c2cc(CN3CCN(C(Oc4ccc5oc(-c6ccc(F)cc6)nc5c4)[C@@H](C)O)CC3)on2)c(OC)c1. The predicted octanol–water partition coefficient (Wildman–Crippen LogP) is 5.21. The quantitative estimate of drug-likeness (QED) is 0.234. The number of hydrogen-bond acceptors (Lipinski definition) is 10. The molecule has 1 N–H and O–H groups in total. The second kappa shape index (κ2) is 12.4. The van der Waals surface area contributed by atoms with Gasteiger partial charge < -0.3 is 28.3 Å². The molecule has 1 saturated heterocycles. The van der Waals surface area contributed by atoms with Crippen LogP contribution in [0, 0.1) is 5.82 Å². The third-order valence-electron chi connectivity index (χ3n) is 7.51. The molecule has 0 spiro atoms. The average Bonchev–Trinajstić information content (AvgIpc) is 3.67. The van der Waals surface area contributed by atoms with E-state index in [4.69, 9.17) is 23.2 Å². The molecule has 1 fully saturated rings. The van der Waals surface area contributed by atoms with Crippen LogP contribution in [0.1, 0.15) is 12.7 Å². The fourth-order valence-electron chi connectivity index (χ4n) is 5.23. The van der Waals surface area contributed by atoms with Crippen LogP contribution in [0.5, 0.6) is 17.2 Å². The molecule has 10 nitrogen and oxygen atoms in total. The Hall–Kier alpha value is -4.45. The van der Waals surface area contributed by atoms with Gasteiger partial charge in [-0.2, -0.15) is 0 Å². The Kier molecular flexibility index (Phi) is 8.28. The predicted molar refractivity (Wildman–Crippen MR) is 157 cm³/mol. The van der Waals surface area contributed by atoms with Crippen LogP contribution in [0.2, 0.25) is 0 Å². The molecule has 0 bridgehead atoms. The summed E-state index contributed by atoms with van der Waals surface area (Å²) in [6.45, 7) is 5.25. The van der Waals surface area contributed by atoms with Gasteiger partial charge in [0, 0.05) is 55.5 Å². The Morgan fingerprint density at radius 2 is 1.70 bits per heavy atom. The molecule has 3 aromatic carbocycles. The van der Waals surface area contributed by atoms with Crippen LogP contribution in [-0.2, 0) is 6.54 Å². The van der Waals surface area contributed by atoms with Gasteiger partial charge in [-0.1, -0.05) is 5.16 Å². The summed E-state index contributed by atoms with van der Waals surface area (Å²) in [5.41, 5.74) is 3.42. The molecule has 3 heterocycles. The Morgan fingerprint density at radius 1 is 0.930 bits per heavy atom. The summed E-state index contributed by atoms with van der Waals surface area (Å²) in [5.74, 6) is 2.77. The van der Waals surface area contributed by atoms with Crippen molar-refractivity contribution in [1.82, 2.24) is 19.9 Å². The number of ether oxygens (including phenoxy) is 3. The third kappa shape index (κ3) is 6.34. The highest BCUT2D eigenvalue weighted by Crippen LogP contribution is 2.33. The van der Waals surface area contributed by atoms with Crippen LogP contribution in [0.4, 0.5) is 4.39 Å². The van der Waals surface area contributed by atoms with Crippen LogP contribution in [0.25, 0.3) is 33.8 Å². The molecule has 0 radical (unpaired) electrons. The van der Waals surface area contributed by atoms with Crippen LogP contribution >= 0.6 is 0 Å². The number of aliphatic hydroxyl groups is 1. The minimum absolute atomic E-state index is 0.321. The van der Waals surface area contributed by atoms with Gasteiger partial charge >= 0.3 is 0 Å². The first-order valence-electron chi connectivity index (χ1n) is 14.1. The highest BCUT2D eigenvalue weighted by Gasteiger charge is 2.29. The normalized spacial score (nSPS) is 15.8. The summed E-state index contributed by atoms with van der Waals surface area (Å²) in [6, 6.07) is 18.9. The van der Waals surface area contributed by atoms with Crippen molar-refractivity contribution < 1.29 is 32.6 Å². The molecule has 5 aromatic rings. The molecule has 11 heteroatoms. The van der Waals surface area contributed by atoms with E-state index in [0.717, 1.165) is 24.4 Å². The van der Waals surface area contributed by atoms with E-state index in [1.165, 1.54) is 12.1 Å². The van der Waals surface area contributed by atoms with E-state index in [1.54, 1.807) is 51.5 Å². The zero-order valence-electron chi connectivity index (χ0n) is 24.2. The van der Waals surface area contributed by atoms with Crippen molar-refractivity contribution in [2.45, 2.75) is 25.8 Å². The van der Waals surface area contributed by atoms with Crippen LogP contribution < -0.4 is 14.2 Å². The maximum atomic E-state index is 13.3. The van der Waals surface area contributed by atoms with Gasteiger partial charge in [-0.15, -0.1) is 0 Å². The van der Waals surface area contributed by atoms with Gasteiger partial charge in [0.05, 0.1) is 20.8 Å². The molecule has 1 aliphatic rings. The highest BCUT2D eigenvalue weighted by molar-refractivity contribution is 5.77. The molecule has 1 unspecified atom stereocenters. The molecule has 0 aliphatic carbocycles. The standard InChI is InChI=1S/C32H33FN4O6/c1-20(38)32(41-24-9-11-29-28(16-24)34-31(42-29)21-4-6-22(33)7-5-21)37-14-12-36(13-15-37)19-25-17-27(35-43-25)26-10-8-23(39-2)18-30(26)40-3/h4-11,16-18,20,32,38H,12-15,19H2,1-3H3/t20-,32?/m1/s1. The fourth-order valence-corrected chi connectivity index (χ4v) is 5.23. The number of nitrogens with zero attached hydrogens (tertiary/aromatic N) is 4. The van der Waals surface area contributed by atoms with Gasteiger partial charge in [-0.25, -0.2) is 9.37 Å². The molecule has 2 aromatic heterocycles. The van der Waals surface area contributed by atoms with Gasteiger partial charge in [-0.05, 0) is 55.5 Å². The maximum Gasteiger partial charge on any atom is 0.227 e. The monoisotopic (exact) mass is 588 g/mol. The zero-order valence-corrected chi connectivity index (χ0v) is 24.2. The van der Waals surface area contributed by atoms with E-state index in [9.17, 15) is 9.50 Å². The van der Waals surface area contributed by atoms with Crippen molar-refractivity contribution in [3.05, 3.63) is 78.3 Å². The number of fused-ring (bicyclic) bond motifs is 1. The number of rotatable bonds is 10. The van der Waals surface area contributed by atoms with Gasteiger partial charge in [0.1, 0.15) is 40.4 Å². The number of oxazole rings is 1. The molecule has 43 heavy (non-hydrogen) atoms. The maximum absolute atomic E-state index is 13.3. The largest absolute Gasteiger partial charge is 0.497 e. The molecule has 1 aliphatic heterocycles. The van der Waals surface area contributed by atoms with Gasteiger partial charge in [0.15, 0.2) is 17.6 Å². The van der Waals surface area contributed by atoms with E-state index in [0.29, 0.717) is 65.1 Å². The molecule has 6 rings (SSSR count). The van der Waals surface area contributed by atoms with E-state index in [1.807, 2.05) is 24.3 Å². The lowest BCUT2D eigenvalue weighted by molar-refractivity contribution is -0.0756. The molecular formula is C32H33FN4O6. The second-order valence-corrected chi connectivity index (χ2v) is 10.5. The van der Waals surface area contributed by atoms with Crippen molar-refractivity contribution in [2.24, 2.45) is 0 Å². The van der Waals surface area contributed by atoms with Crippen LogP contribution in [0.15, 0.2) is 75.7 Å². The number of benzene rings is 3. The molecule has 224 valence electrons. The van der Waals surface area contributed by atoms with Gasteiger partial charge in [0.2, 0.25) is 5.89 Å². The first-order chi connectivity index (χ1) is 20.9.